The third kappa shape index (κ3) is 8.61. The molecule has 0 radical (unpaired) electrons. The van der Waals surface area contributed by atoms with E-state index in [-0.39, 0.29) is 11.3 Å². The van der Waals surface area contributed by atoms with Crippen LogP contribution < -0.4 is 16.0 Å². The lowest BCUT2D eigenvalue weighted by Gasteiger charge is -2.32. The topological polar surface area (TPSA) is 137 Å². The molecule has 2 saturated heterocycles. The highest BCUT2D eigenvalue weighted by Crippen LogP contribution is 2.24. The molecule has 1 aromatic heterocycles. The van der Waals surface area contributed by atoms with Crippen LogP contribution >= 0.6 is 0 Å². The minimum absolute atomic E-state index is 0. The summed E-state index contributed by atoms with van der Waals surface area (Å²) in [7, 11) is 0. The van der Waals surface area contributed by atoms with Gasteiger partial charge in [-0.15, -0.1) is 4.99 Å². The summed E-state index contributed by atoms with van der Waals surface area (Å²) in [5, 5.41) is 19.3. The molecule has 220 valence electrons. The number of likely N-dealkylation sites (tertiary alicyclic amines) is 1. The Balaban J connectivity index is 0.00000387. The fraction of sp³-hybridized carbons (Fsp3) is 0.483. The van der Waals surface area contributed by atoms with Crippen LogP contribution in [0.5, 0.6) is 0 Å². The first-order chi connectivity index (χ1) is 19.7. The molecule has 2 aromatic carbocycles. The summed E-state index contributed by atoms with van der Waals surface area (Å²) in [6.07, 6.45) is 3.91. The van der Waals surface area contributed by atoms with E-state index in [1.807, 2.05) is 36.5 Å². The Morgan fingerprint density at radius 2 is 1.63 bits per heavy atom. The molecule has 0 unspecified atom stereocenters. The second kappa shape index (κ2) is 15.3. The van der Waals surface area contributed by atoms with Gasteiger partial charge < -0.3 is 35.6 Å². The Bertz CT molecular complexity index is 1290. The molecule has 0 saturated carbocycles. The molecule has 0 amide bonds. The van der Waals surface area contributed by atoms with Crippen molar-refractivity contribution >= 4 is 22.9 Å². The molecule has 0 spiro atoms. The van der Waals surface area contributed by atoms with Crippen molar-refractivity contribution in [1.82, 2.24) is 30.0 Å². The number of guanidine groups is 1. The molecule has 41 heavy (non-hydrogen) atoms. The standard InChI is InChI=1S/C29H38FN9O.H2O/c30-24-7-5-23(6-8-24)21-39-27-4-2-1-3-26(27)36-29(39)35-25-9-13-37(14-10-25)15-11-32-28(34-22-31)33-12-16-38-17-19-40-20-18-38;/h1-8,25H,9-21H2,(H,35,36)(H2,32,33,34);1H2. The first kappa shape index (κ1) is 30.2. The molecule has 0 atom stereocenters. The summed E-state index contributed by atoms with van der Waals surface area (Å²) in [4.78, 5) is 13.6. The Morgan fingerprint density at radius 3 is 2.32 bits per heavy atom. The Hall–Kier alpha value is -3.76. The zero-order valence-electron chi connectivity index (χ0n) is 23.4. The van der Waals surface area contributed by atoms with Gasteiger partial charge in [-0.2, -0.15) is 5.26 Å². The largest absolute Gasteiger partial charge is 0.412 e. The van der Waals surface area contributed by atoms with E-state index in [0.29, 0.717) is 18.5 Å². The molecule has 5 N–H and O–H groups in total. The van der Waals surface area contributed by atoms with Crippen molar-refractivity contribution in [3.63, 3.8) is 0 Å². The van der Waals surface area contributed by atoms with Crippen LogP contribution in [0.3, 0.4) is 0 Å². The number of aromatic nitrogens is 2. The maximum atomic E-state index is 13.4. The average Bonchev–Trinajstić information content (AvgIpc) is 3.32. The van der Waals surface area contributed by atoms with Crippen molar-refractivity contribution in [3.05, 3.63) is 59.9 Å². The van der Waals surface area contributed by atoms with Crippen molar-refractivity contribution in [1.29, 1.82) is 5.26 Å². The highest BCUT2D eigenvalue weighted by Gasteiger charge is 2.21. The average molecular weight is 566 g/mol. The van der Waals surface area contributed by atoms with Crippen LogP contribution in [0.15, 0.2) is 53.5 Å². The summed E-state index contributed by atoms with van der Waals surface area (Å²) in [6, 6.07) is 15.1. The van der Waals surface area contributed by atoms with E-state index in [1.165, 1.54) is 12.1 Å². The van der Waals surface area contributed by atoms with E-state index in [0.717, 1.165) is 101 Å². The van der Waals surface area contributed by atoms with E-state index in [9.17, 15) is 4.39 Å². The lowest BCUT2D eigenvalue weighted by molar-refractivity contribution is 0.0389. The number of aliphatic imine (C=N–C) groups is 1. The monoisotopic (exact) mass is 565 g/mol. The summed E-state index contributed by atoms with van der Waals surface area (Å²) in [5.41, 5.74) is 3.04. The third-order valence-corrected chi connectivity index (χ3v) is 7.54. The van der Waals surface area contributed by atoms with Crippen molar-refractivity contribution in [3.8, 4) is 6.19 Å². The number of halogens is 1. The number of piperidine rings is 1. The maximum absolute atomic E-state index is 13.4. The molecule has 12 heteroatoms. The first-order valence-corrected chi connectivity index (χ1v) is 14.1. The Morgan fingerprint density at radius 1 is 0.976 bits per heavy atom. The highest BCUT2D eigenvalue weighted by molar-refractivity contribution is 5.80. The molecule has 2 fully saturated rings. The zero-order valence-corrected chi connectivity index (χ0v) is 23.4. The predicted molar refractivity (Wildman–Crippen MR) is 158 cm³/mol. The van der Waals surface area contributed by atoms with Crippen LogP contribution in [0.2, 0.25) is 0 Å². The van der Waals surface area contributed by atoms with Gasteiger partial charge in [0, 0.05) is 58.4 Å². The zero-order chi connectivity index (χ0) is 27.6. The number of fused-ring (bicyclic) bond motifs is 1. The number of morpholine rings is 1. The smallest absolute Gasteiger partial charge is 0.209 e. The molecule has 0 bridgehead atoms. The molecule has 5 rings (SSSR count). The lowest BCUT2D eigenvalue weighted by atomic mass is 10.1. The van der Waals surface area contributed by atoms with Gasteiger partial charge in [-0.3, -0.25) is 4.90 Å². The van der Waals surface area contributed by atoms with E-state index in [4.69, 9.17) is 15.0 Å². The van der Waals surface area contributed by atoms with E-state index < -0.39 is 0 Å². The number of nitriles is 1. The van der Waals surface area contributed by atoms with Crippen LogP contribution in [0.1, 0.15) is 18.4 Å². The molecule has 3 heterocycles. The molecular weight excluding hydrogens is 525 g/mol. The number of ether oxygens (including phenoxy) is 1. The van der Waals surface area contributed by atoms with Gasteiger partial charge in [0.15, 0.2) is 0 Å². The van der Waals surface area contributed by atoms with E-state index in [1.54, 1.807) is 0 Å². The van der Waals surface area contributed by atoms with Crippen LogP contribution in [0.25, 0.3) is 11.0 Å². The van der Waals surface area contributed by atoms with Crippen molar-refractivity contribution in [2.45, 2.75) is 25.4 Å². The quantitative estimate of drug-likeness (QED) is 0.192. The molecule has 3 aromatic rings. The second-order valence-corrected chi connectivity index (χ2v) is 10.3. The number of nitrogens with one attached hydrogen (secondary N) is 3. The number of rotatable bonds is 10. The lowest BCUT2D eigenvalue weighted by Crippen LogP contribution is -2.47. The summed E-state index contributed by atoms with van der Waals surface area (Å²) >= 11 is 0. The molecular formula is C29H40FN9O2. The summed E-state index contributed by atoms with van der Waals surface area (Å²) in [5.74, 6) is 1.16. The van der Waals surface area contributed by atoms with Gasteiger partial charge in [0.1, 0.15) is 5.82 Å². The minimum atomic E-state index is -0.229. The van der Waals surface area contributed by atoms with Gasteiger partial charge in [-0.05, 0) is 42.7 Å². The van der Waals surface area contributed by atoms with Crippen molar-refractivity contribution < 1.29 is 14.6 Å². The fourth-order valence-electron chi connectivity index (χ4n) is 5.28. The molecule has 0 aliphatic carbocycles. The van der Waals surface area contributed by atoms with Crippen LogP contribution in [-0.2, 0) is 11.3 Å². The highest BCUT2D eigenvalue weighted by atomic mass is 19.1. The van der Waals surface area contributed by atoms with Gasteiger partial charge in [0.2, 0.25) is 18.1 Å². The van der Waals surface area contributed by atoms with Gasteiger partial charge >= 0.3 is 0 Å². The number of hydrogen-bond donors (Lipinski definition) is 3. The number of anilines is 1. The van der Waals surface area contributed by atoms with Crippen molar-refractivity contribution in [2.24, 2.45) is 4.99 Å². The van der Waals surface area contributed by atoms with Gasteiger partial charge in [0.05, 0.1) is 30.8 Å². The van der Waals surface area contributed by atoms with Gasteiger partial charge in [0.25, 0.3) is 0 Å². The number of imidazole rings is 1. The Labute approximate surface area is 240 Å². The SMILES string of the molecule is N#C/N=C(/NCCN1CCOCC1)NCCN1CCC(Nc2nc3ccccc3n2Cc2ccc(F)cc2)CC1.O. The van der Waals surface area contributed by atoms with E-state index in [2.05, 4.69) is 41.4 Å². The number of nitrogens with zero attached hydrogens (tertiary/aromatic N) is 6. The fourth-order valence-corrected chi connectivity index (χ4v) is 5.28. The normalized spacial score (nSPS) is 17.1. The van der Waals surface area contributed by atoms with Crippen LogP contribution in [-0.4, -0.2) is 102 Å². The summed E-state index contributed by atoms with van der Waals surface area (Å²) < 4.78 is 21.0. The molecule has 2 aliphatic rings. The van der Waals surface area contributed by atoms with E-state index >= 15 is 0 Å². The van der Waals surface area contributed by atoms with Crippen LogP contribution in [0.4, 0.5) is 10.3 Å². The number of hydrogen-bond acceptors (Lipinski definition) is 7. The molecule has 2 aliphatic heterocycles. The maximum Gasteiger partial charge on any atom is 0.209 e. The van der Waals surface area contributed by atoms with Crippen LogP contribution in [0, 0.1) is 17.3 Å². The predicted octanol–water partition coefficient (Wildman–Crippen LogP) is 1.62. The van der Waals surface area contributed by atoms with Gasteiger partial charge in [-0.25, -0.2) is 9.37 Å². The molecule has 11 nitrogen and oxygen atoms in total. The number of para-hydroxylation sites is 2. The minimum Gasteiger partial charge on any atom is -0.412 e. The number of benzene rings is 2. The third-order valence-electron chi connectivity index (χ3n) is 7.54. The Kier molecular flexibility index (Phi) is 11.3. The van der Waals surface area contributed by atoms with Gasteiger partial charge in [-0.1, -0.05) is 24.3 Å². The second-order valence-electron chi connectivity index (χ2n) is 10.3. The summed E-state index contributed by atoms with van der Waals surface area (Å²) in [6.45, 7) is 9.25. The first-order valence-electron chi connectivity index (χ1n) is 14.1. The van der Waals surface area contributed by atoms with Crippen molar-refractivity contribution in [2.75, 3.05) is 70.9 Å².